The number of H-pyrrole nitrogens is 1. The molecule has 1 N–H and O–H groups in total. The van der Waals surface area contributed by atoms with E-state index in [1.54, 1.807) is 7.11 Å². The van der Waals surface area contributed by atoms with Crippen LogP contribution in [0.15, 0.2) is 18.2 Å². The third-order valence-corrected chi connectivity index (χ3v) is 2.43. The normalized spacial score (nSPS) is 10.2. The predicted octanol–water partition coefficient (Wildman–Crippen LogP) is 2.55. The van der Waals surface area contributed by atoms with Crippen LogP contribution >= 0.6 is 0 Å². The second-order valence-electron chi connectivity index (χ2n) is 3.54. The van der Waals surface area contributed by atoms with Gasteiger partial charge in [-0.25, -0.2) is 0 Å². The SMILES string of the molecule is COc1cc2cc(C)[nH]c2cc1CC#N. The summed E-state index contributed by atoms with van der Waals surface area (Å²) in [5.74, 6) is 0.781. The number of rotatable bonds is 2. The van der Waals surface area contributed by atoms with E-state index in [4.69, 9.17) is 10.00 Å². The molecular formula is C12H12N2O. The van der Waals surface area contributed by atoms with E-state index in [2.05, 4.69) is 17.1 Å². The first-order valence-corrected chi connectivity index (χ1v) is 4.78. The zero-order valence-electron chi connectivity index (χ0n) is 8.79. The minimum absolute atomic E-state index is 0.372. The molecule has 3 heteroatoms. The van der Waals surface area contributed by atoms with Crippen molar-refractivity contribution in [2.75, 3.05) is 7.11 Å². The molecule has 0 saturated heterocycles. The molecule has 0 aliphatic heterocycles. The van der Waals surface area contributed by atoms with Gasteiger partial charge in [0.15, 0.2) is 0 Å². The molecule has 1 aromatic carbocycles. The fourth-order valence-electron chi connectivity index (χ4n) is 1.76. The molecule has 0 spiro atoms. The van der Waals surface area contributed by atoms with Crippen LogP contribution < -0.4 is 4.74 Å². The number of aromatic amines is 1. The summed E-state index contributed by atoms with van der Waals surface area (Å²) in [6.45, 7) is 2.01. The highest BCUT2D eigenvalue weighted by Gasteiger charge is 2.06. The zero-order chi connectivity index (χ0) is 10.8. The summed E-state index contributed by atoms with van der Waals surface area (Å²) in [5.41, 5.74) is 3.09. The van der Waals surface area contributed by atoms with Gasteiger partial charge in [-0.05, 0) is 25.1 Å². The third-order valence-electron chi connectivity index (χ3n) is 2.43. The van der Waals surface area contributed by atoms with E-state index in [-0.39, 0.29) is 0 Å². The van der Waals surface area contributed by atoms with Crippen LogP contribution in [0.5, 0.6) is 5.75 Å². The number of hydrogen-bond donors (Lipinski definition) is 1. The van der Waals surface area contributed by atoms with Gasteiger partial charge in [0.1, 0.15) is 5.75 Å². The van der Waals surface area contributed by atoms with Crippen molar-refractivity contribution in [1.29, 1.82) is 5.26 Å². The summed E-state index contributed by atoms with van der Waals surface area (Å²) in [5, 5.41) is 9.82. The van der Waals surface area contributed by atoms with Gasteiger partial charge >= 0.3 is 0 Å². The summed E-state index contributed by atoms with van der Waals surface area (Å²) < 4.78 is 5.25. The van der Waals surface area contributed by atoms with Crippen molar-refractivity contribution in [2.24, 2.45) is 0 Å². The number of nitrogens with one attached hydrogen (secondary N) is 1. The Morgan fingerprint density at radius 1 is 1.40 bits per heavy atom. The van der Waals surface area contributed by atoms with Gasteiger partial charge in [-0.1, -0.05) is 0 Å². The Kier molecular flexibility index (Phi) is 2.34. The second-order valence-corrected chi connectivity index (χ2v) is 3.54. The Balaban J connectivity index is 2.63. The van der Waals surface area contributed by atoms with E-state index in [1.807, 2.05) is 19.1 Å². The van der Waals surface area contributed by atoms with E-state index >= 15 is 0 Å². The summed E-state index contributed by atoms with van der Waals surface area (Å²) in [7, 11) is 1.63. The van der Waals surface area contributed by atoms with Crippen LogP contribution in [0.3, 0.4) is 0 Å². The molecule has 0 aliphatic rings. The first-order valence-electron chi connectivity index (χ1n) is 4.78. The van der Waals surface area contributed by atoms with Crippen molar-refractivity contribution in [1.82, 2.24) is 4.98 Å². The maximum absolute atomic E-state index is 8.70. The fraction of sp³-hybridized carbons (Fsp3) is 0.250. The van der Waals surface area contributed by atoms with Crippen LogP contribution in [0.4, 0.5) is 0 Å². The molecule has 0 unspecified atom stereocenters. The van der Waals surface area contributed by atoms with Gasteiger partial charge < -0.3 is 9.72 Å². The molecule has 0 aliphatic carbocycles. The number of nitriles is 1. The number of aromatic nitrogens is 1. The lowest BCUT2D eigenvalue weighted by molar-refractivity contribution is 0.411. The van der Waals surface area contributed by atoms with E-state index in [1.165, 1.54) is 0 Å². The van der Waals surface area contributed by atoms with Crippen LogP contribution in [-0.4, -0.2) is 12.1 Å². The largest absolute Gasteiger partial charge is 0.496 e. The minimum Gasteiger partial charge on any atom is -0.496 e. The molecule has 0 amide bonds. The fourth-order valence-corrected chi connectivity index (χ4v) is 1.76. The molecule has 3 nitrogen and oxygen atoms in total. The molecule has 0 atom stereocenters. The Labute approximate surface area is 88.3 Å². The molecule has 0 bridgehead atoms. The molecule has 1 heterocycles. The maximum Gasteiger partial charge on any atom is 0.123 e. The van der Waals surface area contributed by atoms with Crippen LogP contribution in [0.25, 0.3) is 10.9 Å². The molecule has 15 heavy (non-hydrogen) atoms. The van der Waals surface area contributed by atoms with Crippen molar-refractivity contribution in [3.63, 3.8) is 0 Å². The molecular weight excluding hydrogens is 188 g/mol. The average Bonchev–Trinajstić information content (AvgIpc) is 2.56. The standard InChI is InChI=1S/C12H12N2O/c1-8-5-10-7-12(15-2)9(3-4-13)6-11(10)14-8/h5-7,14H,3H2,1-2H3. The van der Waals surface area contributed by atoms with Crippen LogP contribution in [0.2, 0.25) is 0 Å². The first-order chi connectivity index (χ1) is 7.24. The highest BCUT2D eigenvalue weighted by molar-refractivity contribution is 5.83. The molecule has 1 aromatic heterocycles. The maximum atomic E-state index is 8.70. The van der Waals surface area contributed by atoms with Gasteiger partial charge in [-0.15, -0.1) is 0 Å². The molecule has 0 fully saturated rings. The number of aryl methyl sites for hydroxylation is 1. The van der Waals surface area contributed by atoms with Crippen molar-refractivity contribution in [3.05, 3.63) is 29.5 Å². The Hall–Kier alpha value is -1.95. The quantitative estimate of drug-likeness (QED) is 0.809. The van der Waals surface area contributed by atoms with Crippen molar-refractivity contribution in [3.8, 4) is 11.8 Å². The highest BCUT2D eigenvalue weighted by Crippen LogP contribution is 2.26. The van der Waals surface area contributed by atoms with Gasteiger partial charge in [0, 0.05) is 22.2 Å². The van der Waals surface area contributed by atoms with Crippen molar-refractivity contribution >= 4 is 10.9 Å². The van der Waals surface area contributed by atoms with Gasteiger partial charge in [-0.3, -0.25) is 0 Å². The minimum atomic E-state index is 0.372. The Morgan fingerprint density at radius 2 is 2.20 bits per heavy atom. The number of hydrogen-bond acceptors (Lipinski definition) is 2. The number of fused-ring (bicyclic) bond motifs is 1. The second kappa shape index (κ2) is 3.66. The lowest BCUT2D eigenvalue weighted by Gasteiger charge is -2.05. The van der Waals surface area contributed by atoms with E-state index in [0.717, 1.165) is 27.9 Å². The van der Waals surface area contributed by atoms with E-state index in [0.29, 0.717) is 6.42 Å². The number of methoxy groups -OCH3 is 1. The van der Waals surface area contributed by atoms with Crippen LogP contribution in [0.1, 0.15) is 11.3 Å². The summed E-state index contributed by atoms with van der Waals surface area (Å²) in [4.78, 5) is 3.24. The number of ether oxygens (including phenoxy) is 1. The lowest BCUT2D eigenvalue weighted by atomic mass is 10.1. The predicted molar refractivity (Wildman–Crippen MR) is 58.9 cm³/mol. The van der Waals surface area contributed by atoms with Crippen molar-refractivity contribution < 1.29 is 4.74 Å². The first kappa shape index (κ1) is 9.60. The Morgan fingerprint density at radius 3 is 2.87 bits per heavy atom. The summed E-state index contributed by atoms with van der Waals surface area (Å²) in [6.07, 6.45) is 0.372. The molecule has 2 rings (SSSR count). The molecule has 0 radical (unpaired) electrons. The van der Waals surface area contributed by atoms with Gasteiger partial charge in [0.25, 0.3) is 0 Å². The lowest BCUT2D eigenvalue weighted by Crippen LogP contribution is -1.90. The molecule has 0 saturated carbocycles. The Bertz CT molecular complexity index is 534. The summed E-state index contributed by atoms with van der Waals surface area (Å²) in [6, 6.07) is 8.14. The third kappa shape index (κ3) is 1.66. The smallest absolute Gasteiger partial charge is 0.123 e. The highest BCUT2D eigenvalue weighted by atomic mass is 16.5. The monoisotopic (exact) mass is 200 g/mol. The molecule has 76 valence electrons. The topological polar surface area (TPSA) is 48.8 Å². The van der Waals surface area contributed by atoms with E-state index < -0.39 is 0 Å². The van der Waals surface area contributed by atoms with Gasteiger partial charge in [-0.2, -0.15) is 5.26 Å². The van der Waals surface area contributed by atoms with Crippen LogP contribution in [-0.2, 0) is 6.42 Å². The van der Waals surface area contributed by atoms with Gasteiger partial charge in [0.05, 0.1) is 19.6 Å². The molecule has 2 aromatic rings. The zero-order valence-corrected chi connectivity index (χ0v) is 8.79. The average molecular weight is 200 g/mol. The van der Waals surface area contributed by atoms with Crippen molar-refractivity contribution in [2.45, 2.75) is 13.3 Å². The summed E-state index contributed by atoms with van der Waals surface area (Å²) >= 11 is 0. The van der Waals surface area contributed by atoms with Gasteiger partial charge in [0.2, 0.25) is 0 Å². The van der Waals surface area contributed by atoms with E-state index in [9.17, 15) is 0 Å². The number of benzene rings is 1. The number of nitrogens with zero attached hydrogens (tertiary/aromatic N) is 1. The van der Waals surface area contributed by atoms with Crippen LogP contribution in [0, 0.1) is 18.3 Å².